The molecule has 0 spiro atoms. The van der Waals surface area contributed by atoms with Crippen LogP contribution in [0.25, 0.3) is 0 Å². The number of aromatic nitrogens is 4. The molecule has 4 rings (SSSR count). The van der Waals surface area contributed by atoms with Crippen LogP contribution in [0.2, 0.25) is 0 Å². The minimum atomic E-state index is -0.0579. The molecule has 8 nitrogen and oxygen atoms in total. The Bertz CT molecular complexity index is 808. The Hall–Kier alpha value is -2.32. The van der Waals surface area contributed by atoms with Gasteiger partial charge in [0, 0.05) is 49.6 Å². The largest absolute Gasteiger partial charge is 0.378 e. The fourth-order valence-corrected chi connectivity index (χ4v) is 3.81. The standard InChI is InChI=1S/C19H26N6O2/c1-14-22-17(10-18(26)23-14)16-2-4-24(5-3-16)13-15-11-20-19(21-12-15)25-6-8-27-9-7-25/h10-12,16H,2-9,13H2,1H3,(H,22,23,26). The van der Waals surface area contributed by atoms with Gasteiger partial charge in [-0.2, -0.15) is 0 Å². The molecule has 2 aromatic rings. The third-order valence-electron chi connectivity index (χ3n) is 5.28. The Morgan fingerprint density at radius 3 is 2.52 bits per heavy atom. The Morgan fingerprint density at radius 2 is 1.85 bits per heavy atom. The lowest BCUT2D eigenvalue weighted by Crippen LogP contribution is -2.37. The van der Waals surface area contributed by atoms with E-state index in [1.54, 1.807) is 6.07 Å². The molecular formula is C19H26N6O2. The predicted molar refractivity (Wildman–Crippen MR) is 102 cm³/mol. The Morgan fingerprint density at radius 1 is 1.15 bits per heavy atom. The molecule has 0 aromatic carbocycles. The van der Waals surface area contributed by atoms with Gasteiger partial charge in [-0.15, -0.1) is 0 Å². The average Bonchev–Trinajstić information content (AvgIpc) is 2.69. The zero-order chi connectivity index (χ0) is 18.6. The summed E-state index contributed by atoms with van der Waals surface area (Å²) in [5, 5.41) is 0. The summed E-state index contributed by atoms with van der Waals surface area (Å²) in [6, 6.07) is 1.64. The van der Waals surface area contributed by atoms with Crippen LogP contribution in [0.15, 0.2) is 23.3 Å². The molecule has 2 aliphatic heterocycles. The van der Waals surface area contributed by atoms with Gasteiger partial charge in [-0.05, 0) is 32.9 Å². The summed E-state index contributed by atoms with van der Waals surface area (Å²) in [6.07, 6.45) is 5.91. The highest BCUT2D eigenvalue weighted by Crippen LogP contribution is 2.26. The number of rotatable bonds is 4. The summed E-state index contributed by atoms with van der Waals surface area (Å²) in [4.78, 5) is 32.6. The highest BCUT2D eigenvalue weighted by atomic mass is 16.5. The summed E-state index contributed by atoms with van der Waals surface area (Å²) < 4.78 is 5.37. The lowest BCUT2D eigenvalue weighted by atomic mass is 9.93. The minimum Gasteiger partial charge on any atom is -0.378 e. The molecule has 4 heterocycles. The fourth-order valence-electron chi connectivity index (χ4n) is 3.81. The number of nitrogens with zero attached hydrogens (tertiary/aromatic N) is 5. The smallest absolute Gasteiger partial charge is 0.251 e. The molecule has 1 N–H and O–H groups in total. The number of hydrogen-bond acceptors (Lipinski definition) is 7. The predicted octanol–water partition coefficient (Wildman–Crippen LogP) is 1.08. The van der Waals surface area contributed by atoms with Gasteiger partial charge in [-0.1, -0.05) is 0 Å². The molecule has 144 valence electrons. The molecule has 0 aliphatic carbocycles. The van der Waals surface area contributed by atoms with Crippen LogP contribution in [-0.2, 0) is 11.3 Å². The molecule has 0 unspecified atom stereocenters. The van der Waals surface area contributed by atoms with Crippen LogP contribution in [0.4, 0.5) is 5.95 Å². The first-order valence-electron chi connectivity index (χ1n) is 9.61. The molecule has 27 heavy (non-hydrogen) atoms. The van der Waals surface area contributed by atoms with Crippen molar-refractivity contribution in [2.75, 3.05) is 44.3 Å². The van der Waals surface area contributed by atoms with Crippen molar-refractivity contribution in [3.8, 4) is 0 Å². The van der Waals surface area contributed by atoms with Crippen molar-refractivity contribution in [1.29, 1.82) is 0 Å². The van der Waals surface area contributed by atoms with E-state index in [1.807, 2.05) is 19.3 Å². The third kappa shape index (κ3) is 4.51. The maximum Gasteiger partial charge on any atom is 0.251 e. The summed E-state index contributed by atoms with van der Waals surface area (Å²) in [7, 11) is 0. The Balaban J connectivity index is 1.31. The molecule has 2 saturated heterocycles. The van der Waals surface area contributed by atoms with Gasteiger partial charge in [-0.3, -0.25) is 9.69 Å². The number of H-pyrrole nitrogens is 1. The number of aromatic amines is 1. The second-order valence-electron chi connectivity index (χ2n) is 7.30. The van der Waals surface area contributed by atoms with Gasteiger partial charge in [0.25, 0.3) is 5.56 Å². The molecule has 2 aromatic heterocycles. The fraction of sp³-hybridized carbons (Fsp3) is 0.579. The number of hydrogen-bond donors (Lipinski definition) is 1. The molecule has 2 fully saturated rings. The second kappa shape index (κ2) is 8.14. The van der Waals surface area contributed by atoms with Gasteiger partial charge < -0.3 is 14.6 Å². The number of aryl methyl sites for hydroxylation is 1. The van der Waals surface area contributed by atoms with Crippen molar-refractivity contribution in [3.05, 3.63) is 45.9 Å². The minimum absolute atomic E-state index is 0.0579. The summed E-state index contributed by atoms with van der Waals surface area (Å²) in [5.74, 6) is 1.84. The Labute approximate surface area is 158 Å². The quantitative estimate of drug-likeness (QED) is 0.862. The number of morpholine rings is 1. The van der Waals surface area contributed by atoms with Crippen molar-refractivity contribution in [2.45, 2.75) is 32.2 Å². The van der Waals surface area contributed by atoms with Crippen molar-refractivity contribution < 1.29 is 4.74 Å². The first-order valence-corrected chi connectivity index (χ1v) is 9.61. The van der Waals surface area contributed by atoms with Gasteiger partial charge in [0.15, 0.2) is 0 Å². The summed E-state index contributed by atoms with van der Waals surface area (Å²) in [5.41, 5.74) is 2.00. The highest BCUT2D eigenvalue weighted by molar-refractivity contribution is 5.30. The van der Waals surface area contributed by atoms with E-state index in [0.717, 1.165) is 76.0 Å². The van der Waals surface area contributed by atoms with Crippen LogP contribution < -0.4 is 10.5 Å². The zero-order valence-electron chi connectivity index (χ0n) is 15.7. The van der Waals surface area contributed by atoms with Crippen molar-refractivity contribution in [2.24, 2.45) is 0 Å². The van der Waals surface area contributed by atoms with E-state index in [1.165, 1.54) is 0 Å². The number of piperidine rings is 1. The SMILES string of the molecule is Cc1nc(C2CCN(Cc3cnc(N4CCOCC4)nc3)CC2)cc(=O)[nH]1. The zero-order valence-corrected chi connectivity index (χ0v) is 15.7. The van der Waals surface area contributed by atoms with Gasteiger partial charge in [0.2, 0.25) is 5.95 Å². The molecule has 0 radical (unpaired) electrons. The number of anilines is 1. The van der Waals surface area contributed by atoms with E-state index in [-0.39, 0.29) is 5.56 Å². The average molecular weight is 370 g/mol. The normalized spacial score (nSPS) is 19.4. The number of nitrogens with one attached hydrogen (secondary N) is 1. The lowest BCUT2D eigenvalue weighted by molar-refractivity contribution is 0.122. The lowest BCUT2D eigenvalue weighted by Gasteiger charge is -2.31. The van der Waals surface area contributed by atoms with Crippen molar-refractivity contribution in [3.63, 3.8) is 0 Å². The molecular weight excluding hydrogens is 344 g/mol. The second-order valence-corrected chi connectivity index (χ2v) is 7.30. The molecule has 0 atom stereocenters. The molecule has 0 bridgehead atoms. The number of ether oxygens (including phenoxy) is 1. The van der Waals surface area contributed by atoms with Gasteiger partial charge in [0.05, 0.1) is 18.9 Å². The summed E-state index contributed by atoms with van der Waals surface area (Å²) in [6.45, 7) is 7.85. The maximum absolute atomic E-state index is 11.7. The van der Waals surface area contributed by atoms with Crippen molar-refractivity contribution >= 4 is 5.95 Å². The van der Waals surface area contributed by atoms with Crippen LogP contribution in [0.1, 0.15) is 35.8 Å². The van der Waals surface area contributed by atoms with E-state index in [0.29, 0.717) is 11.7 Å². The monoisotopic (exact) mass is 370 g/mol. The van der Waals surface area contributed by atoms with Crippen LogP contribution in [0, 0.1) is 6.92 Å². The van der Waals surface area contributed by atoms with E-state index in [2.05, 4.69) is 29.7 Å². The van der Waals surface area contributed by atoms with E-state index in [4.69, 9.17) is 4.74 Å². The van der Waals surface area contributed by atoms with Gasteiger partial charge in [0.1, 0.15) is 5.82 Å². The highest BCUT2D eigenvalue weighted by Gasteiger charge is 2.22. The molecule has 0 amide bonds. The van der Waals surface area contributed by atoms with Gasteiger partial charge in [-0.25, -0.2) is 15.0 Å². The van der Waals surface area contributed by atoms with Crippen LogP contribution >= 0.6 is 0 Å². The Kier molecular flexibility index (Phi) is 5.45. The summed E-state index contributed by atoms with van der Waals surface area (Å²) >= 11 is 0. The topological polar surface area (TPSA) is 87.2 Å². The number of likely N-dealkylation sites (tertiary alicyclic amines) is 1. The van der Waals surface area contributed by atoms with Gasteiger partial charge >= 0.3 is 0 Å². The first-order chi connectivity index (χ1) is 13.2. The van der Waals surface area contributed by atoms with Crippen molar-refractivity contribution in [1.82, 2.24) is 24.8 Å². The van der Waals surface area contributed by atoms with Crippen LogP contribution in [0.3, 0.4) is 0 Å². The first kappa shape index (κ1) is 18.1. The van der Waals surface area contributed by atoms with E-state index >= 15 is 0 Å². The maximum atomic E-state index is 11.7. The van der Waals surface area contributed by atoms with E-state index < -0.39 is 0 Å². The van der Waals surface area contributed by atoms with Crippen LogP contribution in [0.5, 0.6) is 0 Å². The molecule has 8 heteroatoms. The molecule has 2 aliphatic rings. The molecule has 0 saturated carbocycles. The van der Waals surface area contributed by atoms with E-state index in [9.17, 15) is 4.79 Å². The van der Waals surface area contributed by atoms with Crippen LogP contribution in [-0.4, -0.2) is 64.2 Å². The third-order valence-corrected chi connectivity index (χ3v) is 5.28.